The molecule has 0 aromatic carbocycles. The second kappa shape index (κ2) is 2.20. The van der Waals surface area contributed by atoms with E-state index in [4.69, 9.17) is 9.47 Å². The molecule has 0 amide bonds. The summed E-state index contributed by atoms with van der Waals surface area (Å²) < 4.78 is 10.4. The summed E-state index contributed by atoms with van der Waals surface area (Å²) in [4.78, 5) is 0. The van der Waals surface area contributed by atoms with Gasteiger partial charge in [0.15, 0.2) is 0 Å². The van der Waals surface area contributed by atoms with Crippen molar-refractivity contribution in [3.8, 4) is 0 Å². The van der Waals surface area contributed by atoms with Gasteiger partial charge in [-0.3, -0.25) is 0 Å². The Morgan fingerprint density at radius 1 is 0.917 bits per heavy atom. The molecule has 0 radical (unpaired) electrons. The molecule has 68 valence electrons. The fraction of sp³-hybridized carbons (Fsp3) is 1.00. The first-order valence-corrected chi connectivity index (χ1v) is 4.38. The minimum absolute atomic E-state index is 0.0868. The fourth-order valence-corrected chi connectivity index (χ4v) is 2.46. The molecule has 2 N–H and O–H groups in total. The summed E-state index contributed by atoms with van der Waals surface area (Å²) in [5.74, 6) is 0.174. The first kappa shape index (κ1) is 7.26. The number of hydrogen-bond donors (Lipinski definition) is 2. The second-order valence-corrected chi connectivity index (χ2v) is 3.91. The molecule has 0 spiro atoms. The molecular weight excluding hydrogens is 160 g/mol. The normalized spacial score (nSPS) is 62.5. The van der Waals surface area contributed by atoms with Crippen molar-refractivity contribution in [2.24, 2.45) is 11.8 Å². The molecule has 2 saturated heterocycles. The van der Waals surface area contributed by atoms with Crippen LogP contribution in [0.4, 0.5) is 0 Å². The third kappa shape index (κ3) is 0.758. The molecule has 1 saturated carbocycles. The van der Waals surface area contributed by atoms with E-state index in [1.165, 1.54) is 0 Å². The maximum absolute atomic E-state index is 9.69. The number of fused-ring (bicyclic) bond motifs is 2. The molecule has 2 aliphatic heterocycles. The van der Waals surface area contributed by atoms with Crippen molar-refractivity contribution >= 4 is 0 Å². The van der Waals surface area contributed by atoms with E-state index in [1.54, 1.807) is 0 Å². The van der Waals surface area contributed by atoms with Crippen LogP contribution in [0, 0.1) is 11.8 Å². The van der Waals surface area contributed by atoms with Gasteiger partial charge < -0.3 is 19.7 Å². The van der Waals surface area contributed by atoms with Gasteiger partial charge >= 0.3 is 0 Å². The molecule has 1 aliphatic carbocycles. The number of rotatable bonds is 0. The van der Waals surface area contributed by atoms with Crippen molar-refractivity contribution in [1.82, 2.24) is 0 Å². The molecule has 0 bridgehead atoms. The zero-order valence-corrected chi connectivity index (χ0v) is 6.59. The van der Waals surface area contributed by atoms with Crippen LogP contribution in [-0.2, 0) is 9.47 Å². The minimum atomic E-state index is -0.425. The van der Waals surface area contributed by atoms with Crippen molar-refractivity contribution < 1.29 is 19.7 Å². The highest BCUT2D eigenvalue weighted by Gasteiger charge is 2.61. The van der Waals surface area contributed by atoms with E-state index in [0.717, 1.165) is 0 Å². The first-order valence-electron chi connectivity index (χ1n) is 4.38. The monoisotopic (exact) mass is 172 g/mol. The van der Waals surface area contributed by atoms with Crippen LogP contribution < -0.4 is 0 Å². The van der Waals surface area contributed by atoms with Crippen LogP contribution in [0.5, 0.6) is 0 Å². The third-order valence-electron chi connectivity index (χ3n) is 3.28. The van der Waals surface area contributed by atoms with Crippen LogP contribution in [-0.4, -0.2) is 47.8 Å². The van der Waals surface area contributed by atoms with Crippen molar-refractivity contribution in [3.05, 3.63) is 0 Å². The quantitative estimate of drug-likeness (QED) is 0.448. The third-order valence-corrected chi connectivity index (χ3v) is 3.28. The number of aliphatic hydroxyl groups excluding tert-OH is 2. The highest BCUT2D eigenvalue weighted by atomic mass is 16.6. The largest absolute Gasteiger partial charge is 0.390 e. The molecule has 0 unspecified atom stereocenters. The zero-order valence-electron chi connectivity index (χ0n) is 6.59. The lowest BCUT2D eigenvalue weighted by Gasteiger charge is -2.29. The molecule has 6 atom stereocenters. The fourth-order valence-electron chi connectivity index (χ4n) is 2.46. The Hall–Kier alpha value is -0.160. The Bertz CT molecular complexity index is 187. The molecule has 4 heteroatoms. The Balaban J connectivity index is 1.87. The molecule has 2 heterocycles. The van der Waals surface area contributed by atoms with Crippen LogP contribution >= 0.6 is 0 Å². The number of aliphatic hydroxyl groups is 2. The van der Waals surface area contributed by atoms with Gasteiger partial charge in [0.25, 0.3) is 0 Å². The average molecular weight is 172 g/mol. The lowest BCUT2D eigenvalue weighted by molar-refractivity contribution is 0.00214. The van der Waals surface area contributed by atoms with Crippen LogP contribution in [0.3, 0.4) is 0 Å². The first-order chi connectivity index (χ1) is 5.79. The van der Waals surface area contributed by atoms with Crippen molar-refractivity contribution in [2.75, 3.05) is 13.2 Å². The Morgan fingerprint density at radius 2 is 1.42 bits per heavy atom. The molecule has 4 nitrogen and oxygen atoms in total. The zero-order chi connectivity index (χ0) is 8.29. The molecule has 3 fully saturated rings. The van der Waals surface area contributed by atoms with Gasteiger partial charge in [-0.1, -0.05) is 0 Å². The molecule has 0 aromatic heterocycles. The molecular formula is C8H12O4. The van der Waals surface area contributed by atoms with E-state index in [2.05, 4.69) is 0 Å². The molecule has 3 aliphatic rings. The predicted molar refractivity (Wildman–Crippen MR) is 38.5 cm³/mol. The Morgan fingerprint density at radius 3 is 1.92 bits per heavy atom. The summed E-state index contributed by atoms with van der Waals surface area (Å²) in [5.41, 5.74) is 0. The van der Waals surface area contributed by atoms with Crippen LogP contribution in [0.15, 0.2) is 0 Å². The lowest BCUT2D eigenvalue weighted by Crippen LogP contribution is -2.45. The van der Waals surface area contributed by atoms with E-state index in [1.807, 2.05) is 0 Å². The van der Waals surface area contributed by atoms with Gasteiger partial charge in [-0.05, 0) is 0 Å². The average Bonchev–Trinajstić information content (AvgIpc) is 2.71. The van der Waals surface area contributed by atoms with Gasteiger partial charge in [0.1, 0.15) is 12.2 Å². The topological polar surface area (TPSA) is 62.2 Å². The smallest absolute Gasteiger partial charge is 0.113 e. The van der Waals surface area contributed by atoms with Gasteiger partial charge in [-0.25, -0.2) is 0 Å². The van der Waals surface area contributed by atoms with Crippen molar-refractivity contribution in [2.45, 2.75) is 24.4 Å². The number of hydrogen-bond acceptors (Lipinski definition) is 4. The Kier molecular flexibility index (Phi) is 1.33. The standard InChI is InChI=1S/C8H12O4/c9-5-3-1-11-2-4(3)6(10)8-7(5)12-8/h3-10H,1-2H2/t3-,4+,5+,6-,7+,8-. The van der Waals surface area contributed by atoms with Gasteiger partial charge in [-0.15, -0.1) is 0 Å². The number of ether oxygens (including phenoxy) is 2. The summed E-state index contributed by atoms with van der Waals surface area (Å²) in [6, 6.07) is 0. The highest BCUT2D eigenvalue weighted by molar-refractivity contribution is 5.08. The molecule has 3 rings (SSSR count). The summed E-state index contributed by atoms with van der Waals surface area (Å²) >= 11 is 0. The second-order valence-electron chi connectivity index (χ2n) is 3.91. The van der Waals surface area contributed by atoms with Crippen molar-refractivity contribution in [3.63, 3.8) is 0 Å². The van der Waals surface area contributed by atoms with Gasteiger partial charge in [-0.2, -0.15) is 0 Å². The van der Waals surface area contributed by atoms with Crippen LogP contribution in [0.1, 0.15) is 0 Å². The van der Waals surface area contributed by atoms with Crippen molar-refractivity contribution in [1.29, 1.82) is 0 Å². The SMILES string of the molecule is O[C@@H]1[C@H]2COC[C@H]2[C@H](O)[C@@H]2O[C@H]12. The summed E-state index contributed by atoms with van der Waals surface area (Å²) in [7, 11) is 0. The van der Waals surface area contributed by atoms with Gasteiger partial charge in [0, 0.05) is 11.8 Å². The minimum Gasteiger partial charge on any atom is -0.390 e. The summed E-state index contributed by atoms with van der Waals surface area (Å²) in [6.07, 6.45) is -1.09. The van der Waals surface area contributed by atoms with E-state index in [0.29, 0.717) is 13.2 Å². The van der Waals surface area contributed by atoms with Crippen LogP contribution in [0.2, 0.25) is 0 Å². The Labute approximate surface area is 70.1 Å². The predicted octanol–water partition coefficient (Wildman–Crippen LogP) is -1.25. The highest BCUT2D eigenvalue weighted by Crippen LogP contribution is 2.45. The molecule has 0 aromatic rings. The molecule has 12 heavy (non-hydrogen) atoms. The van der Waals surface area contributed by atoms with Gasteiger partial charge in [0.05, 0.1) is 25.4 Å². The maximum atomic E-state index is 9.69. The van der Waals surface area contributed by atoms with E-state index >= 15 is 0 Å². The summed E-state index contributed by atoms with van der Waals surface area (Å²) in [5, 5.41) is 19.4. The lowest BCUT2D eigenvalue weighted by atomic mass is 9.78. The van der Waals surface area contributed by atoms with E-state index in [9.17, 15) is 10.2 Å². The maximum Gasteiger partial charge on any atom is 0.113 e. The summed E-state index contributed by atoms with van der Waals surface area (Å²) in [6.45, 7) is 1.13. The number of epoxide rings is 1. The van der Waals surface area contributed by atoms with E-state index < -0.39 is 12.2 Å². The van der Waals surface area contributed by atoms with Crippen LogP contribution in [0.25, 0.3) is 0 Å². The van der Waals surface area contributed by atoms with Gasteiger partial charge in [0.2, 0.25) is 0 Å². The van der Waals surface area contributed by atoms with E-state index in [-0.39, 0.29) is 24.0 Å².